The van der Waals surface area contributed by atoms with Crippen molar-refractivity contribution in [2.75, 3.05) is 5.32 Å². The smallest absolute Gasteiger partial charge is 0.326 e. The average molecular weight is 352 g/mol. The fourth-order valence-electron chi connectivity index (χ4n) is 1.65. The van der Waals surface area contributed by atoms with Gasteiger partial charge < -0.3 is 10.4 Å². The van der Waals surface area contributed by atoms with E-state index in [0.717, 1.165) is 3.57 Å². The Morgan fingerprint density at radius 1 is 1.56 bits per heavy atom. The van der Waals surface area contributed by atoms with E-state index in [1.54, 1.807) is 12.1 Å². The van der Waals surface area contributed by atoms with Crippen molar-refractivity contribution in [3.05, 3.63) is 26.3 Å². The van der Waals surface area contributed by atoms with Crippen LogP contribution in [0.5, 0.6) is 0 Å². The number of anilines is 1. The highest BCUT2D eigenvalue weighted by atomic mass is 127. The van der Waals surface area contributed by atoms with Gasteiger partial charge in [0, 0.05) is 15.7 Å². The van der Waals surface area contributed by atoms with Crippen molar-refractivity contribution in [2.24, 2.45) is 0 Å². The van der Waals surface area contributed by atoms with Crippen molar-refractivity contribution in [3.63, 3.8) is 0 Å². The van der Waals surface area contributed by atoms with Gasteiger partial charge in [-0.1, -0.05) is 11.6 Å². The molecule has 0 saturated carbocycles. The minimum atomic E-state index is -1.03. The number of hydrogen-bond acceptors (Lipinski definition) is 3. The van der Waals surface area contributed by atoms with Gasteiger partial charge in [-0.2, -0.15) is 0 Å². The Labute approximate surface area is 110 Å². The molecule has 16 heavy (non-hydrogen) atoms. The van der Waals surface area contributed by atoms with E-state index >= 15 is 0 Å². The van der Waals surface area contributed by atoms with Crippen LogP contribution in [0.4, 0.5) is 5.69 Å². The van der Waals surface area contributed by atoms with Crippen molar-refractivity contribution in [1.29, 1.82) is 0 Å². The summed E-state index contributed by atoms with van der Waals surface area (Å²) in [5.74, 6) is -1.27. The van der Waals surface area contributed by atoms with Crippen LogP contribution >= 0.6 is 34.2 Å². The zero-order valence-electron chi connectivity index (χ0n) is 7.96. The summed E-state index contributed by atoms with van der Waals surface area (Å²) < 4.78 is 0.854. The SMILES string of the molecule is O=C1CC(C(=O)O)Nc2cc(I)cc(Cl)c21. The van der Waals surface area contributed by atoms with Crippen LogP contribution in [-0.2, 0) is 4.79 Å². The second kappa shape index (κ2) is 4.21. The number of carbonyl (C=O) groups excluding carboxylic acids is 1. The van der Waals surface area contributed by atoms with Crippen molar-refractivity contribution in [2.45, 2.75) is 12.5 Å². The molecule has 1 unspecified atom stereocenters. The zero-order valence-corrected chi connectivity index (χ0v) is 10.9. The highest BCUT2D eigenvalue weighted by Gasteiger charge is 2.30. The first-order chi connectivity index (χ1) is 7.49. The van der Waals surface area contributed by atoms with Crippen LogP contribution in [0.2, 0.25) is 5.02 Å². The van der Waals surface area contributed by atoms with Crippen LogP contribution in [-0.4, -0.2) is 22.9 Å². The highest BCUT2D eigenvalue weighted by molar-refractivity contribution is 14.1. The van der Waals surface area contributed by atoms with E-state index in [-0.39, 0.29) is 12.2 Å². The van der Waals surface area contributed by atoms with Crippen LogP contribution in [0.3, 0.4) is 0 Å². The first-order valence-corrected chi connectivity index (χ1v) is 5.96. The average Bonchev–Trinajstić information content (AvgIpc) is 2.15. The van der Waals surface area contributed by atoms with E-state index in [1.807, 2.05) is 0 Å². The fourth-order valence-corrected chi connectivity index (χ4v) is 2.78. The lowest BCUT2D eigenvalue weighted by Crippen LogP contribution is -2.36. The molecule has 2 rings (SSSR count). The largest absolute Gasteiger partial charge is 0.480 e. The molecule has 4 nitrogen and oxygen atoms in total. The minimum Gasteiger partial charge on any atom is -0.480 e. The molecule has 1 aromatic rings. The summed E-state index contributed by atoms with van der Waals surface area (Å²) in [5, 5.41) is 12.0. The number of carboxylic acid groups (broad SMARTS) is 1. The monoisotopic (exact) mass is 351 g/mol. The molecular formula is C10H7ClINO3. The molecule has 1 aliphatic rings. The number of benzene rings is 1. The van der Waals surface area contributed by atoms with Crippen LogP contribution in [0.25, 0.3) is 0 Å². The fraction of sp³-hybridized carbons (Fsp3) is 0.200. The highest BCUT2D eigenvalue weighted by Crippen LogP contribution is 2.32. The normalized spacial score (nSPS) is 18.9. The molecule has 0 aromatic heterocycles. The zero-order chi connectivity index (χ0) is 11.9. The molecule has 0 spiro atoms. The number of hydrogen-bond donors (Lipinski definition) is 2. The van der Waals surface area contributed by atoms with Gasteiger partial charge in [0.15, 0.2) is 5.78 Å². The third kappa shape index (κ3) is 2.01. The van der Waals surface area contributed by atoms with E-state index in [9.17, 15) is 9.59 Å². The number of ketones is 1. The van der Waals surface area contributed by atoms with E-state index in [4.69, 9.17) is 16.7 Å². The first kappa shape index (κ1) is 11.7. The number of Topliss-reactive ketones (excluding diaryl/α,β-unsaturated/α-hetero) is 1. The number of rotatable bonds is 1. The Bertz CT molecular complexity index is 489. The Morgan fingerprint density at radius 3 is 2.88 bits per heavy atom. The van der Waals surface area contributed by atoms with Crippen molar-refractivity contribution >= 4 is 51.6 Å². The topological polar surface area (TPSA) is 66.4 Å². The molecule has 1 aliphatic heterocycles. The molecule has 2 N–H and O–H groups in total. The van der Waals surface area contributed by atoms with E-state index < -0.39 is 12.0 Å². The predicted octanol–water partition coefficient (Wildman–Crippen LogP) is 2.40. The summed E-state index contributed by atoms with van der Waals surface area (Å²) in [6, 6.07) is 2.53. The van der Waals surface area contributed by atoms with Crippen molar-refractivity contribution < 1.29 is 14.7 Å². The van der Waals surface area contributed by atoms with E-state index in [2.05, 4.69) is 27.9 Å². The lowest BCUT2D eigenvalue weighted by atomic mass is 9.97. The number of carboxylic acids is 1. The van der Waals surface area contributed by atoms with Gasteiger partial charge in [0.25, 0.3) is 0 Å². The molecule has 1 heterocycles. The van der Waals surface area contributed by atoms with Gasteiger partial charge in [0.2, 0.25) is 0 Å². The predicted molar refractivity (Wildman–Crippen MR) is 68.2 cm³/mol. The summed E-state index contributed by atoms with van der Waals surface area (Å²) in [5.41, 5.74) is 0.889. The van der Waals surface area contributed by atoms with E-state index in [1.165, 1.54) is 0 Å². The molecule has 1 aromatic carbocycles. The molecule has 1 atom stereocenters. The van der Waals surface area contributed by atoms with Gasteiger partial charge in [-0.3, -0.25) is 4.79 Å². The molecule has 0 fully saturated rings. The molecule has 0 bridgehead atoms. The third-order valence-corrected chi connectivity index (χ3v) is 3.27. The van der Waals surface area contributed by atoms with Gasteiger partial charge in [0.05, 0.1) is 10.6 Å². The molecule has 0 saturated heterocycles. The molecule has 0 amide bonds. The Balaban J connectivity index is 2.50. The summed E-state index contributed by atoms with van der Waals surface area (Å²) in [6.07, 6.45) is -0.0668. The van der Waals surface area contributed by atoms with Gasteiger partial charge in [-0.15, -0.1) is 0 Å². The Morgan fingerprint density at radius 2 is 2.25 bits per heavy atom. The van der Waals surface area contributed by atoms with E-state index in [0.29, 0.717) is 16.3 Å². The van der Waals surface area contributed by atoms with Gasteiger partial charge >= 0.3 is 5.97 Å². The lowest BCUT2D eigenvalue weighted by Gasteiger charge is -2.24. The number of aliphatic carboxylic acids is 1. The number of nitrogens with one attached hydrogen (secondary N) is 1. The molecular weight excluding hydrogens is 344 g/mol. The number of carbonyl (C=O) groups is 2. The maximum Gasteiger partial charge on any atom is 0.326 e. The molecule has 0 aliphatic carbocycles. The quantitative estimate of drug-likeness (QED) is 0.763. The lowest BCUT2D eigenvalue weighted by molar-refractivity contribution is -0.137. The summed E-state index contributed by atoms with van der Waals surface area (Å²) in [4.78, 5) is 22.6. The summed E-state index contributed by atoms with van der Waals surface area (Å²) in [7, 11) is 0. The third-order valence-electron chi connectivity index (χ3n) is 2.35. The Kier molecular flexibility index (Phi) is 3.07. The van der Waals surface area contributed by atoms with Crippen LogP contribution in [0.1, 0.15) is 16.8 Å². The number of fused-ring (bicyclic) bond motifs is 1. The first-order valence-electron chi connectivity index (χ1n) is 4.50. The standard InChI is InChI=1S/C10H7ClINO3/c11-5-1-4(12)2-6-9(5)8(14)3-7(13-6)10(15)16/h1-2,7,13H,3H2,(H,15,16). The van der Waals surface area contributed by atoms with Gasteiger partial charge in [-0.25, -0.2) is 4.79 Å². The second-order valence-electron chi connectivity index (χ2n) is 3.47. The van der Waals surface area contributed by atoms with Crippen molar-refractivity contribution in [3.8, 4) is 0 Å². The summed E-state index contributed by atoms with van der Waals surface area (Å²) in [6.45, 7) is 0. The van der Waals surface area contributed by atoms with Crippen molar-refractivity contribution in [1.82, 2.24) is 0 Å². The molecule has 0 radical (unpaired) electrons. The molecule has 84 valence electrons. The van der Waals surface area contributed by atoms with Crippen LogP contribution in [0.15, 0.2) is 12.1 Å². The number of halogens is 2. The Hall–Kier alpha value is -0.820. The summed E-state index contributed by atoms with van der Waals surface area (Å²) >= 11 is 8.02. The second-order valence-corrected chi connectivity index (χ2v) is 5.13. The van der Waals surface area contributed by atoms with Crippen LogP contribution < -0.4 is 5.32 Å². The maximum absolute atomic E-state index is 11.7. The minimum absolute atomic E-state index is 0.0668. The molecule has 6 heteroatoms. The maximum atomic E-state index is 11.7. The van der Waals surface area contributed by atoms with Crippen LogP contribution in [0, 0.1) is 3.57 Å². The van der Waals surface area contributed by atoms with Gasteiger partial charge in [0.1, 0.15) is 6.04 Å². The van der Waals surface area contributed by atoms with Gasteiger partial charge in [-0.05, 0) is 34.7 Å².